The molecule has 3 heterocycles. The summed E-state index contributed by atoms with van der Waals surface area (Å²) in [5.74, 6) is -0.0866. The van der Waals surface area contributed by atoms with Gasteiger partial charge in [0, 0.05) is 56.5 Å². The highest BCUT2D eigenvalue weighted by molar-refractivity contribution is 8.00. The van der Waals surface area contributed by atoms with Gasteiger partial charge in [0.2, 0.25) is 0 Å². The minimum absolute atomic E-state index is 0.306. The van der Waals surface area contributed by atoms with Gasteiger partial charge in [0.25, 0.3) is 0 Å². The van der Waals surface area contributed by atoms with Crippen molar-refractivity contribution >= 4 is 40.2 Å². The van der Waals surface area contributed by atoms with Crippen molar-refractivity contribution in [2.75, 3.05) is 13.2 Å². The smallest absolute Gasteiger partial charge is 0.329 e. The van der Waals surface area contributed by atoms with Crippen LogP contribution in [0.3, 0.4) is 0 Å². The summed E-state index contributed by atoms with van der Waals surface area (Å²) >= 11 is 8.03. The predicted octanol–water partition coefficient (Wildman–Crippen LogP) is 7.66. The van der Waals surface area contributed by atoms with Gasteiger partial charge in [-0.2, -0.15) is 0 Å². The number of benzene rings is 3. The summed E-state index contributed by atoms with van der Waals surface area (Å²) in [4.78, 5) is 16.9. The molecular weight excluding hydrogens is 568 g/mol. The molecule has 5 aromatic rings. The number of aromatic nitrogens is 2. The van der Waals surface area contributed by atoms with Gasteiger partial charge in [-0.1, -0.05) is 67.1 Å². The standard InChI is InChI=1S/C34H31ClN2O4S/c1-22-17-28-31(41-20-27-12-9-25(18-36-27)24-5-3-2-4-6-24)14-13-29-33(28)34(42-22)30(15-16-40-21-32(38)39)37(29)19-23-7-10-26(35)11-8-23/h2-14,18,22H,15-17,19-21H2,1H3,(H,38,39). The molecule has 1 aliphatic rings. The topological polar surface area (TPSA) is 73.6 Å². The zero-order valence-electron chi connectivity index (χ0n) is 23.3. The fraction of sp³-hybridized carbons (Fsp3) is 0.235. The molecular formula is C34H31ClN2O4S. The zero-order valence-corrected chi connectivity index (χ0v) is 24.8. The van der Waals surface area contributed by atoms with E-state index in [0.29, 0.717) is 36.5 Å². The van der Waals surface area contributed by atoms with E-state index in [2.05, 4.69) is 46.8 Å². The van der Waals surface area contributed by atoms with E-state index < -0.39 is 5.97 Å². The van der Waals surface area contributed by atoms with Crippen LogP contribution >= 0.6 is 23.4 Å². The first kappa shape index (κ1) is 28.3. The van der Waals surface area contributed by atoms with Crippen molar-refractivity contribution in [3.63, 3.8) is 0 Å². The number of hydrogen-bond acceptors (Lipinski definition) is 5. The Bertz CT molecular complexity index is 1700. The highest BCUT2D eigenvalue weighted by atomic mass is 35.5. The molecule has 3 aromatic carbocycles. The summed E-state index contributed by atoms with van der Waals surface area (Å²) in [7, 11) is 0. The van der Waals surface area contributed by atoms with E-state index in [0.717, 1.165) is 45.8 Å². The van der Waals surface area contributed by atoms with E-state index in [9.17, 15) is 4.79 Å². The summed E-state index contributed by atoms with van der Waals surface area (Å²) in [5.41, 5.74) is 7.72. The van der Waals surface area contributed by atoms with Crippen molar-refractivity contribution in [1.29, 1.82) is 0 Å². The van der Waals surface area contributed by atoms with E-state index >= 15 is 0 Å². The molecule has 0 aliphatic carbocycles. The Kier molecular flexibility index (Phi) is 8.51. The largest absolute Gasteiger partial charge is 0.487 e. The number of pyridine rings is 1. The SMILES string of the molecule is CC1Cc2c(OCc3ccc(-c4ccccc4)cn3)ccc3c2c(c(CCOCC(=O)O)n3Cc2ccc(Cl)cc2)S1. The van der Waals surface area contributed by atoms with Gasteiger partial charge in [0.05, 0.1) is 17.8 Å². The van der Waals surface area contributed by atoms with Gasteiger partial charge in [-0.15, -0.1) is 11.8 Å². The number of halogens is 1. The first-order valence-electron chi connectivity index (χ1n) is 14.0. The Morgan fingerprint density at radius 2 is 1.86 bits per heavy atom. The lowest BCUT2D eigenvalue weighted by Crippen LogP contribution is -2.13. The molecule has 0 radical (unpaired) electrons. The molecule has 2 aromatic heterocycles. The maximum Gasteiger partial charge on any atom is 0.329 e. The highest BCUT2D eigenvalue weighted by Crippen LogP contribution is 2.47. The molecule has 8 heteroatoms. The molecule has 0 fully saturated rings. The molecule has 1 unspecified atom stereocenters. The number of hydrogen-bond donors (Lipinski definition) is 1. The van der Waals surface area contributed by atoms with Gasteiger partial charge >= 0.3 is 5.97 Å². The van der Waals surface area contributed by atoms with Crippen molar-refractivity contribution in [1.82, 2.24) is 9.55 Å². The third-order valence-electron chi connectivity index (χ3n) is 7.43. The van der Waals surface area contributed by atoms with Crippen molar-refractivity contribution < 1.29 is 19.4 Å². The number of nitrogens with zero attached hydrogens (tertiary/aromatic N) is 2. The normalized spacial score (nSPS) is 14.3. The van der Waals surface area contributed by atoms with Crippen LogP contribution < -0.4 is 4.74 Å². The summed E-state index contributed by atoms with van der Waals surface area (Å²) in [6.45, 7) is 3.32. The number of ether oxygens (including phenoxy) is 2. The van der Waals surface area contributed by atoms with E-state index in [-0.39, 0.29) is 6.61 Å². The molecule has 0 amide bonds. The summed E-state index contributed by atoms with van der Waals surface area (Å²) in [6.07, 6.45) is 3.40. The lowest BCUT2D eigenvalue weighted by atomic mass is 10.0. The van der Waals surface area contributed by atoms with Crippen LogP contribution in [0.5, 0.6) is 5.75 Å². The summed E-state index contributed by atoms with van der Waals surface area (Å²) < 4.78 is 14.2. The number of carboxylic acid groups (broad SMARTS) is 1. The third-order valence-corrected chi connectivity index (χ3v) is 8.93. The molecule has 214 valence electrons. The maximum atomic E-state index is 11.0. The van der Waals surface area contributed by atoms with Crippen LogP contribution in [0.25, 0.3) is 22.0 Å². The van der Waals surface area contributed by atoms with Gasteiger partial charge in [0.15, 0.2) is 0 Å². The second kappa shape index (κ2) is 12.6. The first-order valence-corrected chi connectivity index (χ1v) is 15.2. The predicted molar refractivity (Wildman–Crippen MR) is 168 cm³/mol. The lowest BCUT2D eigenvalue weighted by Gasteiger charge is -2.22. The van der Waals surface area contributed by atoms with Crippen LogP contribution in [-0.2, 0) is 35.5 Å². The Morgan fingerprint density at radius 3 is 2.60 bits per heavy atom. The number of thioether (sulfide) groups is 1. The lowest BCUT2D eigenvalue weighted by molar-refractivity contribution is -0.142. The Morgan fingerprint density at radius 1 is 1.05 bits per heavy atom. The van der Waals surface area contributed by atoms with E-state index in [1.807, 2.05) is 66.5 Å². The molecule has 1 aliphatic heterocycles. The number of aliphatic carboxylic acids is 1. The van der Waals surface area contributed by atoms with E-state index in [1.165, 1.54) is 15.8 Å². The van der Waals surface area contributed by atoms with Crippen LogP contribution in [0.15, 0.2) is 90.0 Å². The molecule has 0 bridgehead atoms. The average molecular weight is 599 g/mol. The number of carbonyl (C=O) groups is 1. The molecule has 42 heavy (non-hydrogen) atoms. The second-order valence-corrected chi connectivity index (χ2v) is 12.3. The zero-order chi connectivity index (χ0) is 29.1. The quantitative estimate of drug-likeness (QED) is 0.157. The second-order valence-electron chi connectivity index (χ2n) is 10.4. The average Bonchev–Trinajstić information content (AvgIpc) is 3.29. The van der Waals surface area contributed by atoms with Gasteiger partial charge in [-0.3, -0.25) is 4.98 Å². The number of rotatable bonds is 11. The Hall–Kier alpha value is -3.78. The summed E-state index contributed by atoms with van der Waals surface area (Å²) in [5, 5.41) is 11.3. The minimum atomic E-state index is -0.964. The Labute approximate surface area is 254 Å². The van der Waals surface area contributed by atoms with Gasteiger partial charge in [0.1, 0.15) is 19.0 Å². The van der Waals surface area contributed by atoms with E-state index in [4.69, 9.17) is 26.2 Å². The van der Waals surface area contributed by atoms with Crippen LogP contribution in [-0.4, -0.2) is 39.1 Å². The van der Waals surface area contributed by atoms with Crippen molar-refractivity contribution in [2.24, 2.45) is 0 Å². The fourth-order valence-electron chi connectivity index (χ4n) is 5.49. The monoisotopic (exact) mass is 598 g/mol. The van der Waals surface area contributed by atoms with Crippen LogP contribution in [0.2, 0.25) is 5.02 Å². The fourth-order valence-corrected chi connectivity index (χ4v) is 6.97. The third kappa shape index (κ3) is 6.19. The molecule has 0 spiro atoms. The first-order chi connectivity index (χ1) is 20.5. The Balaban J connectivity index is 1.32. The van der Waals surface area contributed by atoms with Crippen LogP contribution in [0, 0.1) is 0 Å². The van der Waals surface area contributed by atoms with Gasteiger partial charge in [-0.25, -0.2) is 4.79 Å². The van der Waals surface area contributed by atoms with Gasteiger partial charge in [-0.05, 0) is 47.9 Å². The molecule has 6 nitrogen and oxygen atoms in total. The van der Waals surface area contributed by atoms with Crippen LogP contribution in [0.4, 0.5) is 0 Å². The minimum Gasteiger partial charge on any atom is -0.487 e. The molecule has 0 saturated carbocycles. The molecule has 1 N–H and O–H groups in total. The van der Waals surface area contributed by atoms with Crippen molar-refractivity contribution in [3.8, 4) is 16.9 Å². The van der Waals surface area contributed by atoms with Crippen molar-refractivity contribution in [3.05, 3.63) is 113 Å². The molecule has 0 saturated heterocycles. The molecule has 1 atom stereocenters. The number of carboxylic acids is 1. The summed E-state index contributed by atoms with van der Waals surface area (Å²) in [6, 6.07) is 26.4. The maximum absolute atomic E-state index is 11.0. The van der Waals surface area contributed by atoms with Crippen LogP contribution in [0.1, 0.15) is 29.4 Å². The van der Waals surface area contributed by atoms with E-state index in [1.54, 1.807) is 0 Å². The van der Waals surface area contributed by atoms with Crippen molar-refractivity contribution in [2.45, 2.75) is 43.1 Å². The van der Waals surface area contributed by atoms with Gasteiger partial charge < -0.3 is 19.1 Å². The highest BCUT2D eigenvalue weighted by Gasteiger charge is 2.28. The molecule has 6 rings (SSSR count).